The van der Waals surface area contributed by atoms with Crippen molar-refractivity contribution in [2.24, 2.45) is 10.9 Å². The van der Waals surface area contributed by atoms with E-state index in [1.54, 1.807) is 7.05 Å². The van der Waals surface area contributed by atoms with Gasteiger partial charge in [0.2, 0.25) is 6.79 Å². The molecule has 2 aliphatic heterocycles. The molecule has 0 aliphatic carbocycles. The number of nitrogens with zero attached hydrogens (tertiary/aromatic N) is 1. The third-order valence-corrected chi connectivity index (χ3v) is 4.66. The molecule has 126 valence electrons. The molecule has 2 N–H and O–H groups in total. The standard InChI is InChI=1S/C16H22BrN3O3/c1-18-16(19-8-11-2-4-21-5-3-11)20-9-12-6-13(17)15-14(7-12)22-10-23-15/h6-7,11H,2-5,8-10H2,1H3,(H2,18,19,20). The van der Waals surface area contributed by atoms with Gasteiger partial charge in [-0.05, 0) is 52.4 Å². The summed E-state index contributed by atoms with van der Waals surface area (Å²) in [5, 5.41) is 6.73. The average Bonchev–Trinajstić information content (AvgIpc) is 3.05. The summed E-state index contributed by atoms with van der Waals surface area (Å²) < 4.78 is 17.1. The van der Waals surface area contributed by atoms with Crippen molar-refractivity contribution in [2.45, 2.75) is 19.4 Å². The summed E-state index contributed by atoms with van der Waals surface area (Å²) in [7, 11) is 1.79. The number of fused-ring (bicyclic) bond motifs is 1. The monoisotopic (exact) mass is 383 g/mol. The number of rotatable bonds is 4. The van der Waals surface area contributed by atoms with E-state index < -0.39 is 0 Å². The Bertz CT molecular complexity index is 574. The SMILES string of the molecule is CN=C(NCc1cc(Br)c2c(c1)OCO2)NCC1CCOCC1. The van der Waals surface area contributed by atoms with E-state index in [9.17, 15) is 0 Å². The van der Waals surface area contributed by atoms with Gasteiger partial charge >= 0.3 is 0 Å². The van der Waals surface area contributed by atoms with Crippen molar-refractivity contribution in [3.63, 3.8) is 0 Å². The molecule has 1 fully saturated rings. The minimum absolute atomic E-state index is 0.277. The van der Waals surface area contributed by atoms with Crippen LogP contribution in [0.4, 0.5) is 0 Å². The van der Waals surface area contributed by atoms with Crippen molar-refractivity contribution < 1.29 is 14.2 Å². The quantitative estimate of drug-likeness (QED) is 0.616. The molecule has 0 atom stereocenters. The van der Waals surface area contributed by atoms with E-state index >= 15 is 0 Å². The molecule has 0 spiro atoms. The van der Waals surface area contributed by atoms with Crippen molar-refractivity contribution in [3.05, 3.63) is 22.2 Å². The zero-order valence-corrected chi connectivity index (χ0v) is 14.8. The van der Waals surface area contributed by atoms with Gasteiger partial charge in [-0.15, -0.1) is 0 Å². The molecule has 1 aromatic rings. The lowest BCUT2D eigenvalue weighted by Gasteiger charge is -2.23. The van der Waals surface area contributed by atoms with E-state index in [0.717, 1.165) is 60.1 Å². The van der Waals surface area contributed by atoms with Gasteiger partial charge in [-0.2, -0.15) is 0 Å². The molecule has 23 heavy (non-hydrogen) atoms. The van der Waals surface area contributed by atoms with Crippen LogP contribution >= 0.6 is 15.9 Å². The maximum atomic E-state index is 5.44. The van der Waals surface area contributed by atoms with E-state index in [-0.39, 0.29) is 6.79 Å². The van der Waals surface area contributed by atoms with Crippen molar-refractivity contribution in [1.82, 2.24) is 10.6 Å². The molecule has 0 bridgehead atoms. The number of guanidine groups is 1. The van der Waals surface area contributed by atoms with Gasteiger partial charge in [-0.25, -0.2) is 0 Å². The molecule has 2 aliphatic rings. The average molecular weight is 384 g/mol. The minimum atomic E-state index is 0.277. The Morgan fingerprint density at radius 3 is 2.87 bits per heavy atom. The zero-order chi connectivity index (χ0) is 16.1. The molecule has 0 saturated carbocycles. The Labute approximate surface area is 144 Å². The van der Waals surface area contributed by atoms with Crippen molar-refractivity contribution in [1.29, 1.82) is 0 Å². The number of hydrogen-bond acceptors (Lipinski definition) is 4. The Balaban J connectivity index is 1.51. The van der Waals surface area contributed by atoms with Gasteiger partial charge in [-0.3, -0.25) is 4.99 Å². The highest BCUT2D eigenvalue weighted by Gasteiger charge is 2.18. The van der Waals surface area contributed by atoms with Crippen LogP contribution in [0.1, 0.15) is 18.4 Å². The third-order valence-electron chi connectivity index (χ3n) is 4.07. The first-order valence-corrected chi connectivity index (χ1v) is 8.66. The Morgan fingerprint density at radius 2 is 2.09 bits per heavy atom. The van der Waals surface area contributed by atoms with Crippen LogP contribution in [0.2, 0.25) is 0 Å². The van der Waals surface area contributed by atoms with E-state index in [1.165, 1.54) is 0 Å². The van der Waals surface area contributed by atoms with E-state index in [1.807, 2.05) is 12.1 Å². The molecule has 7 heteroatoms. The van der Waals surface area contributed by atoms with Crippen LogP contribution in [-0.4, -0.2) is 39.6 Å². The smallest absolute Gasteiger partial charge is 0.231 e. The largest absolute Gasteiger partial charge is 0.454 e. The second-order valence-electron chi connectivity index (χ2n) is 5.67. The summed E-state index contributed by atoms with van der Waals surface area (Å²) in [6.45, 7) is 3.60. The maximum Gasteiger partial charge on any atom is 0.231 e. The minimum Gasteiger partial charge on any atom is -0.454 e. The van der Waals surface area contributed by atoms with Gasteiger partial charge in [0.25, 0.3) is 0 Å². The lowest BCUT2D eigenvalue weighted by Crippen LogP contribution is -2.40. The fourth-order valence-electron chi connectivity index (χ4n) is 2.72. The molecule has 1 saturated heterocycles. The molecular formula is C16H22BrN3O3. The van der Waals surface area contributed by atoms with Crippen molar-refractivity contribution in [3.8, 4) is 11.5 Å². The number of ether oxygens (including phenoxy) is 3. The molecule has 3 rings (SSSR count). The summed E-state index contributed by atoms with van der Waals surface area (Å²) in [4.78, 5) is 4.28. The van der Waals surface area contributed by atoms with E-state index in [4.69, 9.17) is 14.2 Å². The van der Waals surface area contributed by atoms with Crippen LogP contribution in [-0.2, 0) is 11.3 Å². The first-order chi connectivity index (χ1) is 11.3. The molecule has 2 heterocycles. The predicted octanol–water partition coefficient (Wildman–Crippen LogP) is 2.27. The second-order valence-corrected chi connectivity index (χ2v) is 6.53. The topological polar surface area (TPSA) is 64.1 Å². The normalized spacial score (nSPS) is 18.1. The summed E-state index contributed by atoms with van der Waals surface area (Å²) >= 11 is 3.51. The van der Waals surface area contributed by atoms with Crippen molar-refractivity contribution >= 4 is 21.9 Å². The molecule has 0 unspecified atom stereocenters. The molecule has 6 nitrogen and oxygen atoms in total. The maximum absolute atomic E-state index is 5.44. The number of benzene rings is 1. The van der Waals surface area contributed by atoms with Gasteiger partial charge in [0.15, 0.2) is 17.5 Å². The van der Waals surface area contributed by atoms with Gasteiger partial charge < -0.3 is 24.8 Å². The predicted molar refractivity (Wildman–Crippen MR) is 92.0 cm³/mol. The number of aliphatic imine (C=N–C) groups is 1. The molecular weight excluding hydrogens is 362 g/mol. The van der Waals surface area contributed by atoms with Gasteiger partial charge in [0.1, 0.15) is 0 Å². The van der Waals surface area contributed by atoms with Gasteiger partial charge in [0.05, 0.1) is 4.47 Å². The second kappa shape index (κ2) is 7.88. The number of hydrogen-bond donors (Lipinski definition) is 2. The highest BCUT2D eigenvalue weighted by atomic mass is 79.9. The summed E-state index contributed by atoms with van der Waals surface area (Å²) in [6.07, 6.45) is 2.22. The van der Waals surface area contributed by atoms with Crippen LogP contribution in [0.3, 0.4) is 0 Å². The van der Waals surface area contributed by atoms with Crippen LogP contribution in [0.15, 0.2) is 21.6 Å². The third kappa shape index (κ3) is 4.29. The van der Waals surface area contributed by atoms with Crippen LogP contribution in [0, 0.1) is 5.92 Å². The van der Waals surface area contributed by atoms with Gasteiger partial charge in [0, 0.05) is 33.4 Å². The molecule has 1 aromatic carbocycles. The van der Waals surface area contributed by atoms with Crippen LogP contribution in [0.5, 0.6) is 11.5 Å². The molecule has 0 aromatic heterocycles. The number of nitrogens with one attached hydrogen (secondary N) is 2. The van der Waals surface area contributed by atoms with E-state index in [2.05, 4.69) is 31.6 Å². The number of halogens is 1. The zero-order valence-electron chi connectivity index (χ0n) is 13.2. The highest BCUT2D eigenvalue weighted by Crippen LogP contribution is 2.39. The first-order valence-electron chi connectivity index (χ1n) is 7.86. The lowest BCUT2D eigenvalue weighted by atomic mass is 10.0. The lowest BCUT2D eigenvalue weighted by molar-refractivity contribution is 0.0675. The van der Waals surface area contributed by atoms with Crippen LogP contribution in [0.25, 0.3) is 0 Å². The molecule has 0 amide bonds. The fraction of sp³-hybridized carbons (Fsp3) is 0.562. The Hall–Kier alpha value is -1.47. The molecule has 0 radical (unpaired) electrons. The van der Waals surface area contributed by atoms with Crippen molar-refractivity contribution in [2.75, 3.05) is 33.6 Å². The summed E-state index contributed by atoms with van der Waals surface area (Å²) in [6, 6.07) is 4.03. The Kier molecular flexibility index (Phi) is 5.61. The highest BCUT2D eigenvalue weighted by molar-refractivity contribution is 9.10. The Morgan fingerprint density at radius 1 is 1.26 bits per heavy atom. The first kappa shape index (κ1) is 16.4. The fourth-order valence-corrected chi connectivity index (χ4v) is 3.32. The summed E-state index contributed by atoms with van der Waals surface area (Å²) in [5.74, 6) is 3.02. The summed E-state index contributed by atoms with van der Waals surface area (Å²) in [5.41, 5.74) is 1.11. The van der Waals surface area contributed by atoms with Gasteiger partial charge in [-0.1, -0.05) is 0 Å². The van der Waals surface area contributed by atoms with E-state index in [0.29, 0.717) is 12.5 Å². The van der Waals surface area contributed by atoms with Crippen LogP contribution < -0.4 is 20.1 Å².